The SMILES string of the molecule is C[C@H]1Cc2ccccc2N1C(=O)CCC(=O)N1CCCN(c2cc(=O)n(C)c(=O)n2C)CC1. The van der Waals surface area contributed by atoms with Crippen LogP contribution in [0.25, 0.3) is 0 Å². The molecule has 2 aliphatic rings. The summed E-state index contributed by atoms with van der Waals surface area (Å²) >= 11 is 0. The average molecular weight is 454 g/mol. The van der Waals surface area contributed by atoms with Crippen LogP contribution in [0.3, 0.4) is 0 Å². The first-order chi connectivity index (χ1) is 15.8. The number of fused-ring (bicyclic) bond motifs is 1. The first-order valence-electron chi connectivity index (χ1n) is 11.5. The van der Waals surface area contributed by atoms with Gasteiger partial charge in [0.2, 0.25) is 11.8 Å². The largest absolute Gasteiger partial charge is 0.356 e. The molecule has 1 aromatic carbocycles. The first-order valence-corrected chi connectivity index (χ1v) is 11.5. The molecule has 3 heterocycles. The summed E-state index contributed by atoms with van der Waals surface area (Å²) < 4.78 is 2.54. The number of rotatable bonds is 4. The van der Waals surface area contributed by atoms with Crippen LogP contribution >= 0.6 is 0 Å². The predicted octanol–water partition coefficient (Wildman–Crippen LogP) is 0.881. The number of carbonyl (C=O) groups excluding carboxylic acids is 2. The third-order valence-corrected chi connectivity index (χ3v) is 6.70. The Hall–Kier alpha value is -3.36. The van der Waals surface area contributed by atoms with Crippen LogP contribution in [-0.4, -0.2) is 58.1 Å². The van der Waals surface area contributed by atoms with Crippen LogP contribution in [0, 0.1) is 0 Å². The lowest BCUT2D eigenvalue weighted by atomic mass is 10.1. The minimum atomic E-state index is -0.370. The van der Waals surface area contributed by atoms with E-state index in [-0.39, 0.29) is 41.9 Å². The van der Waals surface area contributed by atoms with E-state index in [1.165, 1.54) is 23.2 Å². The zero-order valence-corrected chi connectivity index (χ0v) is 19.5. The van der Waals surface area contributed by atoms with Gasteiger partial charge in [-0.2, -0.15) is 0 Å². The molecule has 1 aromatic heterocycles. The number of benzene rings is 1. The third kappa shape index (κ3) is 4.44. The molecule has 33 heavy (non-hydrogen) atoms. The van der Waals surface area contributed by atoms with Crippen molar-refractivity contribution in [1.82, 2.24) is 14.0 Å². The number of anilines is 2. The Morgan fingerprint density at radius 2 is 1.67 bits per heavy atom. The van der Waals surface area contributed by atoms with Gasteiger partial charge in [-0.1, -0.05) is 18.2 Å². The highest BCUT2D eigenvalue weighted by atomic mass is 16.2. The minimum Gasteiger partial charge on any atom is -0.356 e. The van der Waals surface area contributed by atoms with E-state index in [1.54, 1.807) is 11.9 Å². The summed E-state index contributed by atoms with van der Waals surface area (Å²) in [4.78, 5) is 55.8. The normalized spacial score (nSPS) is 18.3. The molecule has 1 fully saturated rings. The highest BCUT2D eigenvalue weighted by molar-refractivity contribution is 5.97. The zero-order chi connectivity index (χ0) is 23.7. The summed E-state index contributed by atoms with van der Waals surface area (Å²) in [7, 11) is 3.11. The van der Waals surface area contributed by atoms with Crippen molar-refractivity contribution in [3.63, 3.8) is 0 Å². The molecule has 0 bridgehead atoms. The first kappa shape index (κ1) is 22.8. The van der Waals surface area contributed by atoms with Gasteiger partial charge in [0, 0.05) is 70.9 Å². The lowest BCUT2D eigenvalue weighted by Gasteiger charge is -2.26. The van der Waals surface area contributed by atoms with Crippen LogP contribution in [-0.2, 0) is 30.1 Å². The van der Waals surface area contributed by atoms with Gasteiger partial charge in [-0.25, -0.2) is 4.79 Å². The van der Waals surface area contributed by atoms with Crippen LogP contribution in [0.1, 0.15) is 31.7 Å². The van der Waals surface area contributed by atoms with Gasteiger partial charge < -0.3 is 14.7 Å². The Kier molecular flexibility index (Phi) is 6.40. The predicted molar refractivity (Wildman–Crippen MR) is 127 cm³/mol. The number of nitrogens with zero attached hydrogens (tertiary/aromatic N) is 5. The molecule has 0 saturated carbocycles. The second-order valence-corrected chi connectivity index (χ2v) is 8.91. The van der Waals surface area contributed by atoms with Gasteiger partial charge in [0.1, 0.15) is 5.82 Å². The van der Waals surface area contributed by atoms with Gasteiger partial charge in [-0.3, -0.25) is 23.5 Å². The molecule has 1 atom stereocenters. The molecule has 9 heteroatoms. The number of para-hydroxylation sites is 1. The Morgan fingerprint density at radius 1 is 0.939 bits per heavy atom. The third-order valence-electron chi connectivity index (χ3n) is 6.70. The Morgan fingerprint density at radius 3 is 2.45 bits per heavy atom. The molecule has 2 amide bonds. The van der Waals surface area contributed by atoms with Crippen LogP contribution in [0.5, 0.6) is 0 Å². The van der Waals surface area contributed by atoms with E-state index >= 15 is 0 Å². The number of hydrogen-bond acceptors (Lipinski definition) is 5. The van der Waals surface area contributed by atoms with E-state index in [0.29, 0.717) is 32.0 Å². The molecule has 4 rings (SSSR count). The molecule has 2 aromatic rings. The van der Waals surface area contributed by atoms with Crippen LogP contribution in [0.2, 0.25) is 0 Å². The summed E-state index contributed by atoms with van der Waals surface area (Å²) in [6.07, 6.45) is 1.91. The molecule has 0 N–H and O–H groups in total. The Bertz CT molecular complexity index is 1180. The molecule has 9 nitrogen and oxygen atoms in total. The summed E-state index contributed by atoms with van der Waals surface area (Å²) in [6, 6.07) is 9.49. The fourth-order valence-corrected chi connectivity index (χ4v) is 4.86. The second-order valence-electron chi connectivity index (χ2n) is 8.91. The number of hydrogen-bond donors (Lipinski definition) is 0. The lowest BCUT2D eigenvalue weighted by Crippen LogP contribution is -2.41. The van der Waals surface area contributed by atoms with E-state index in [2.05, 4.69) is 0 Å². The maximum Gasteiger partial charge on any atom is 0.332 e. The van der Waals surface area contributed by atoms with Gasteiger partial charge in [-0.05, 0) is 31.4 Å². The van der Waals surface area contributed by atoms with E-state index in [1.807, 2.05) is 41.0 Å². The van der Waals surface area contributed by atoms with Crippen molar-refractivity contribution >= 4 is 23.3 Å². The second kappa shape index (κ2) is 9.25. The van der Waals surface area contributed by atoms with Gasteiger partial charge in [0.15, 0.2) is 0 Å². The smallest absolute Gasteiger partial charge is 0.332 e. The van der Waals surface area contributed by atoms with Crippen molar-refractivity contribution in [2.45, 2.75) is 38.6 Å². The lowest BCUT2D eigenvalue weighted by molar-refractivity contribution is -0.133. The topological polar surface area (TPSA) is 87.9 Å². The molecule has 0 radical (unpaired) electrons. The molecule has 2 aliphatic heterocycles. The maximum absolute atomic E-state index is 12.9. The minimum absolute atomic E-state index is 0.0209. The van der Waals surface area contributed by atoms with Gasteiger partial charge >= 0.3 is 5.69 Å². The highest BCUT2D eigenvalue weighted by Gasteiger charge is 2.31. The monoisotopic (exact) mass is 453 g/mol. The molecular weight excluding hydrogens is 422 g/mol. The number of amides is 2. The standard InChI is InChI=1S/C24H31N5O4/c1-17-15-18-7-4-5-8-19(18)29(17)22(31)10-9-21(30)28-12-6-11-27(13-14-28)20-16-23(32)26(3)24(33)25(20)2/h4-5,7-8,16-17H,6,9-15H2,1-3H3/t17-/m0/s1. The van der Waals surface area contributed by atoms with Crippen molar-refractivity contribution < 1.29 is 9.59 Å². The average Bonchev–Trinajstić information content (AvgIpc) is 2.96. The van der Waals surface area contributed by atoms with Gasteiger partial charge in [0.25, 0.3) is 5.56 Å². The molecule has 176 valence electrons. The van der Waals surface area contributed by atoms with Crippen molar-refractivity contribution in [3.8, 4) is 0 Å². The number of carbonyl (C=O) groups is 2. The fourth-order valence-electron chi connectivity index (χ4n) is 4.86. The van der Waals surface area contributed by atoms with Gasteiger partial charge in [-0.15, -0.1) is 0 Å². The van der Waals surface area contributed by atoms with Crippen LogP contribution < -0.4 is 21.0 Å². The molecule has 0 aliphatic carbocycles. The summed E-state index contributed by atoms with van der Waals surface area (Å²) in [5.41, 5.74) is 1.40. The molecule has 0 spiro atoms. The molecule has 0 unspecified atom stereocenters. The van der Waals surface area contributed by atoms with Gasteiger partial charge in [0.05, 0.1) is 0 Å². The number of aromatic nitrogens is 2. The summed E-state index contributed by atoms with van der Waals surface area (Å²) in [5.74, 6) is 0.504. The fraction of sp³-hybridized carbons (Fsp3) is 0.500. The van der Waals surface area contributed by atoms with E-state index < -0.39 is 0 Å². The van der Waals surface area contributed by atoms with E-state index in [0.717, 1.165) is 23.1 Å². The zero-order valence-electron chi connectivity index (χ0n) is 19.5. The van der Waals surface area contributed by atoms with Crippen molar-refractivity contribution in [1.29, 1.82) is 0 Å². The van der Waals surface area contributed by atoms with Crippen molar-refractivity contribution in [2.24, 2.45) is 14.1 Å². The van der Waals surface area contributed by atoms with Crippen molar-refractivity contribution in [2.75, 3.05) is 36.0 Å². The van der Waals surface area contributed by atoms with E-state index in [4.69, 9.17) is 0 Å². The highest BCUT2D eigenvalue weighted by Crippen LogP contribution is 2.32. The Labute approximate surface area is 192 Å². The summed E-state index contributed by atoms with van der Waals surface area (Å²) in [6.45, 7) is 4.28. The van der Waals surface area contributed by atoms with Crippen molar-refractivity contribution in [3.05, 3.63) is 56.7 Å². The summed E-state index contributed by atoms with van der Waals surface area (Å²) in [5, 5.41) is 0. The quantitative estimate of drug-likeness (QED) is 0.686. The molecular formula is C24H31N5O4. The maximum atomic E-state index is 12.9. The Balaban J connectivity index is 1.37. The van der Waals surface area contributed by atoms with Crippen LogP contribution in [0.15, 0.2) is 39.9 Å². The van der Waals surface area contributed by atoms with Crippen LogP contribution in [0.4, 0.5) is 11.5 Å². The van der Waals surface area contributed by atoms with E-state index in [9.17, 15) is 19.2 Å². The molecule has 1 saturated heterocycles.